The molecule has 2 aliphatic rings. The van der Waals surface area contributed by atoms with E-state index in [1.807, 2.05) is 12.2 Å². The minimum absolute atomic E-state index is 0.0831. The fraction of sp³-hybridized carbons (Fsp3) is 0.379. The molecule has 8 nitrogen and oxygen atoms in total. The zero-order valence-corrected chi connectivity index (χ0v) is 21.1. The highest BCUT2D eigenvalue weighted by atomic mass is 19.3. The standard InChI is InChI=1S/C29H29F2NO7/c30-29(31,19-37-22-8-4-3-5-9-22)17-16-24-23-10-6-1-2-7-11-27(33)38-25(23)18-26(24)39-28(34)20-12-14-21(15-13-20)32(35)36/h1,3-6,8-9,12-17,23-26H,2,7,10-11,18-19H2/b6-1-,17-16+/t23-,24-,25?,26-/m1/s1. The van der Waals surface area contributed by atoms with E-state index in [9.17, 15) is 28.5 Å². The highest BCUT2D eigenvalue weighted by Gasteiger charge is 2.46. The van der Waals surface area contributed by atoms with Crippen LogP contribution in [0.5, 0.6) is 5.75 Å². The minimum Gasteiger partial charge on any atom is -0.487 e. The topological polar surface area (TPSA) is 105 Å². The van der Waals surface area contributed by atoms with E-state index in [1.54, 1.807) is 30.3 Å². The summed E-state index contributed by atoms with van der Waals surface area (Å²) in [6, 6.07) is 13.2. The van der Waals surface area contributed by atoms with Crippen molar-refractivity contribution >= 4 is 17.6 Å². The zero-order chi connectivity index (χ0) is 27.8. The van der Waals surface area contributed by atoms with Crippen molar-refractivity contribution in [1.82, 2.24) is 0 Å². The van der Waals surface area contributed by atoms with E-state index in [1.165, 1.54) is 30.3 Å². The second-order valence-corrected chi connectivity index (χ2v) is 9.57. The molecule has 1 saturated carbocycles. The monoisotopic (exact) mass is 541 g/mol. The van der Waals surface area contributed by atoms with Crippen LogP contribution in [0, 0.1) is 22.0 Å². The quantitative estimate of drug-likeness (QED) is 0.173. The molecule has 39 heavy (non-hydrogen) atoms. The number of alkyl halides is 2. The summed E-state index contributed by atoms with van der Waals surface area (Å²) < 4.78 is 46.2. The smallest absolute Gasteiger partial charge is 0.338 e. The SMILES string of the molecule is O=C1CCC/C=C\C[C@H]2C(C[C@@H](OC(=O)c3ccc([N+](=O)[O-])cc3)[C@@H]2/C=C/C(F)(F)COc2ccccc2)O1. The van der Waals surface area contributed by atoms with Crippen LogP contribution in [0.4, 0.5) is 14.5 Å². The molecule has 10 heteroatoms. The Hall–Kier alpha value is -4.08. The summed E-state index contributed by atoms with van der Waals surface area (Å²) in [7, 11) is 0. The number of hydrogen-bond donors (Lipinski definition) is 0. The maximum absolute atomic E-state index is 14.8. The summed E-state index contributed by atoms with van der Waals surface area (Å²) in [5, 5.41) is 10.9. The van der Waals surface area contributed by atoms with Crippen LogP contribution >= 0.6 is 0 Å². The van der Waals surface area contributed by atoms with Gasteiger partial charge in [0.1, 0.15) is 18.0 Å². The maximum Gasteiger partial charge on any atom is 0.338 e. The molecule has 2 aromatic carbocycles. The predicted molar refractivity (Wildman–Crippen MR) is 137 cm³/mol. The Kier molecular flexibility index (Phi) is 9.06. The van der Waals surface area contributed by atoms with Crippen molar-refractivity contribution in [2.75, 3.05) is 6.61 Å². The van der Waals surface area contributed by atoms with Gasteiger partial charge in [0, 0.05) is 36.8 Å². The van der Waals surface area contributed by atoms with Gasteiger partial charge in [-0.15, -0.1) is 0 Å². The van der Waals surface area contributed by atoms with E-state index in [-0.39, 0.29) is 36.0 Å². The highest BCUT2D eigenvalue weighted by Crippen LogP contribution is 2.41. The van der Waals surface area contributed by atoms with Crippen LogP contribution in [0.3, 0.4) is 0 Å². The fourth-order valence-electron chi connectivity index (χ4n) is 4.81. The number of allylic oxidation sites excluding steroid dienone is 2. The van der Waals surface area contributed by atoms with Gasteiger partial charge in [0.25, 0.3) is 11.6 Å². The molecule has 1 aliphatic heterocycles. The number of nitrogens with zero attached hydrogens (tertiary/aromatic N) is 1. The van der Waals surface area contributed by atoms with Crippen LogP contribution in [0.15, 0.2) is 78.9 Å². The van der Waals surface area contributed by atoms with Crippen molar-refractivity contribution in [2.45, 2.75) is 50.2 Å². The Morgan fingerprint density at radius 2 is 1.87 bits per heavy atom. The molecule has 0 radical (unpaired) electrons. The van der Waals surface area contributed by atoms with Crippen molar-refractivity contribution in [2.24, 2.45) is 11.8 Å². The van der Waals surface area contributed by atoms with Crippen LogP contribution in [-0.4, -0.2) is 41.6 Å². The van der Waals surface area contributed by atoms with Crippen LogP contribution < -0.4 is 4.74 Å². The van der Waals surface area contributed by atoms with Crippen molar-refractivity contribution in [3.05, 3.63) is 94.6 Å². The Balaban J connectivity index is 1.54. The number of esters is 2. The first kappa shape index (κ1) is 27.9. The van der Waals surface area contributed by atoms with Gasteiger partial charge >= 0.3 is 11.9 Å². The maximum atomic E-state index is 14.8. The molecule has 2 aromatic rings. The first-order valence-electron chi connectivity index (χ1n) is 12.8. The average Bonchev–Trinajstić information content (AvgIpc) is 3.24. The number of carbonyl (C=O) groups is 2. The van der Waals surface area contributed by atoms with E-state index in [4.69, 9.17) is 14.2 Å². The minimum atomic E-state index is -3.32. The molecule has 0 saturated heterocycles. The van der Waals surface area contributed by atoms with Gasteiger partial charge in [-0.25, -0.2) is 4.79 Å². The molecule has 1 unspecified atom stereocenters. The third kappa shape index (κ3) is 7.72. The van der Waals surface area contributed by atoms with E-state index in [0.29, 0.717) is 25.0 Å². The van der Waals surface area contributed by atoms with Gasteiger partial charge in [0.2, 0.25) is 0 Å². The Morgan fingerprint density at radius 3 is 2.59 bits per heavy atom. The van der Waals surface area contributed by atoms with Gasteiger partial charge in [0.05, 0.1) is 10.5 Å². The lowest BCUT2D eigenvalue weighted by Gasteiger charge is -2.24. The van der Waals surface area contributed by atoms with Crippen molar-refractivity contribution in [3.63, 3.8) is 0 Å². The lowest BCUT2D eigenvalue weighted by Crippen LogP contribution is -2.28. The molecule has 4 atom stereocenters. The summed E-state index contributed by atoms with van der Waals surface area (Å²) in [5.74, 6) is -5.20. The van der Waals surface area contributed by atoms with Gasteiger partial charge in [0.15, 0.2) is 6.61 Å². The van der Waals surface area contributed by atoms with Gasteiger partial charge in [-0.2, -0.15) is 8.78 Å². The highest BCUT2D eigenvalue weighted by molar-refractivity contribution is 5.89. The van der Waals surface area contributed by atoms with Gasteiger partial charge in [-0.05, 0) is 49.6 Å². The van der Waals surface area contributed by atoms with E-state index in [2.05, 4.69) is 0 Å². The van der Waals surface area contributed by atoms with E-state index < -0.39 is 41.5 Å². The summed E-state index contributed by atoms with van der Waals surface area (Å²) in [4.78, 5) is 35.6. The number of ether oxygens (including phenoxy) is 3. The van der Waals surface area contributed by atoms with E-state index in [0.717, 1.165) is 6.08 Å². The molecule has 0 spiro atoms. The predicted octanol–water partition coefficient (Wildman–Crippen LogP) is 6.07. The van der Waals surface area contributed by atoms with Crippen LogP contribution in [0.25, 0.3) is 0 Å². The van der Waals surface area contributed by atoms with Gasteiger partial charge in [-0.3, -0.25) is 14.9 Å². The number of carbonyl (C=O) groups excluding carboxylic acids is 2. The van der Waals surface area contributed by atoms with Crippen LogP contribution in [0.2, 0.25) is 0 Å². The first-order chi connectivity index (χ1) is 18.7. The molecular formula is C29H29F2NO7. The largest absolute Gasteiger partial charge is 0.487 e. The molecule has 0 bridgehead atoms. The Bertz CT molecular complexity index is 1210. The average molecular weight is 542 g/mol. The number of rotatable bonds is 8. The summed E-state index contributed by atoms with van der Waals surface area (Å²) in [6.45, 7) is -0.879. The fourth-order valence-corrected chi connectivity index (χ4v) is 4.81. The third-order valence-electron chi connectivity index (χ3n) is 6.78. The van der Waals surface area contributed by atoms with Crippen LogP contribution in [0.1, 0.15) is 42.5 Å². The van der Waals surface area contributed by atoms with E-state index >= 15 is 0 Å². The Morgan fingerprint density at radius 1 is 1.13 bits per heavy atom. The summed E-state index contributed by atoms with van der Waals surface area (Å²) >= 11 is 0. The molecular weight excluding hydrogens is 512 g/mol. The second kappa shape index (κ2) is 12.6. The van der Waals surface area contributed by atoms with Crippen molar-refractivity contribution < 1.29 is 37.5 Å². The molecule has 0 N–H and O–H groups in total. The number of fused-ring (bicyclic) bond motifs is 1. The van der Waals surface area contributed by atoms with Crippen molar-refractivity contribution in [1.29, 1.82) is 0 Å². The van der Waals surface area contributed by atoms with Gasteiger partial charge < -0.3 is 14.2 Å². The molecule has 1 aliphatic carbocycles. The number of hydrogen-bond acceptors (Lipinski definition) is 7. The zero-order valence-electron chi connectivity index (χ0n) is 21.1. The number of benzene rings is 2. The molecule has 1 heterocycles. The molecule has 206 valence electrons. The lowest BCUT2D eigenvalue weighted by molar-refractivity contribution is -0.384. The van der Waals surface area contributed by atoms with Crippen LogP contribution in [-0.2, 0) is 14.3 Å². The third-order valence-corrected chi connectivity index (χ3v) is 6.78. The first-order valence-corrected chi connectivity index (χ1v) is 12.8. The number of nitro benzene ring substituents is 1. The normalized spacial score (nSPS) is 24.4. The molecule has 0 aromatic heterocycles. The Labute approximate surface area is 224 Å². The molecule has 0 amide bonds. The number of halogens is 2. The van der Waals surface area contributed by atoms with Gasteiger partial charge in [-0.1, -0.05) is 36.4 Å². The number of non-ortho nitro benzene ring substituents is 1. The summed E-state index contributed by atoms with van der Waals surface area (Å²) in [6.07, 6.45) is 6.64. The number of nitro groups is 1. The van der Waals surface area contributed by atoms with Crippen molar-refractivity contribution in [3.8, 4) is 5.75 Å². The lowest BCUT2D eigenvalue weighted by atomic mass is 9.89. The second-order valence-electron chi connectivity index (χ2n) is 9.57. The molecule has 4 rings (SSSR count). The summed E-state index contributed by atoms with van der Waals surface area (Å²) in [5.41, 5.74) is -0.0998. The molecule has 1 fully saturated rings. The number of para-hydroxylation sites is 1.